The first-order valence-corrected chi connectivity index (χ1v) is 7.46. The van der Waals surface area contributed by atoms with Crippen molar-refractivity contribution in [1.29, 1.82) is 5.26 Å². The summed E-state index contributed by atoms with van der Waals surface area (Å²) in [6.45, 7) is 0. The summed E-state index contributed by atoms with van der Waals surface area (Å²) in [5.74, 6) is 2.84. The molecular weight excluding hydrogens is 264 g/mol. The molecule has 4 nitrogen and oxygen atoms in total. The Labute approximate surface area is 113 Å². The Hall–Kier alpha value is -1.45. The fourth-order valence-electron chi connectivity index (χ4n) is 1.89. The zero-order chi connectivity index (χ0) is 12.5. The average Bonchev–Trinajstić information content (AvgIpc) is 3.01. The number of aromatic nitrogens is 3. The molecule has 6 heteroatoms. The maximum absolute atomic E-state index is 9.38. The van der Waals surface area contributed by atoms with Gasteiger partial charge in [-0.15, -0.1) is 23.5 Å². The number of allylic oxidation sites excluding steroid dienone is 1. The average molecular weight is 274 g/mol. The molecule has 0 atom stereocenters. The van der Waals surface area contributed by atoms with Gasteiger partial charge in [-0.05, 0) is 12.1 Å². The molecule has 0 amide bonds. The summed E-state index contributed by atoms with van der Waals surface area (Å²) in [6, 6.07) is 6.14. The zero-order valence-corrected chi connectivity index (χ0v) is 11.4. The van der Waals surface area contributed by atoms with Crippen LogP contribution in [0.5, 0.6) is 0 Å². The second kappa shape index (κ2) is 4.67. The molecule has 1 saturated heterocycles. The minimum absolute atomic E-state index is 0.669. The van der Waals surface area contributed by atoms with Gasteiger partial charge < -0.3 is 4.57 Å². The fraction of sp³-hybridized carbons (Fsp3) is 0.250. The van der Waals surface area contributed by atoms with Crippen LogP contribution in [0.3, 0.4) is 0 Å². The smallest absolute Gasteiger partial charge is 0.178 e. The lowest BCUT2D eigenvalue weighted by atomic mass is 10.3. The molecule has 0 unspecified atom stereocenters. The number of nitrogens with zero attached hydrogens (tertiary/aromatic N) is 4. The highest BCUT2D eigenvalue weighted by Gasteiger charge is 2.20. The molecule has 90 valence electrons. The summed E-state index contributed by atoms with van der Waals surface area (Å²) in [6.07, 6.45) is 1.72. The summed E-state index contributed by atoms with van der Waals surface area (Å²) in [5.41, 5.74) is 2.31. The normalized spacial score (nSPS) is 15.0. The number of hydrogen-bond donors (Lipinski definition) is 0. The first-order valence-electron chi connectivity index (χ1n) is 5.49. The van der Waals surface area contributed by atoms with E-state index in [9.17, 15) is 5.26 Å². The molecular formula is C12H10N4S2. The molecule has 0 radical (unpaired) electrons. The maximum atomic E-state index is 9.38. The molecule has 0 aliphatic carbocycles. The number of imidazole rings is 1. The highest BCUT2D eigenvalue weighted by Crippen LogP contribution is 2.41. The van der Waals surface area contributed by atoms with Gasteiger partial charge >= 0.3 is 0 Å². The van der Waals surface area contributed by atoms with Gasteiger partial charge in [0.15, 0.2) is 11.5 Å². The number of thioether (sulfide) groups is 2. The van der Waals surface area contributed by atoms with Gasteiger partial charge in [-0.1, -0.05) is 0 Å². The van der Waals surface area contributed by atoms with E-state index in [0.717, 1.165) is 21.3 Å². The Morgan fingerprint density at radius 1 is 1.44 bits per heavy atom. The van der Waals surface area contributed by atoms with Gasteiger partial charge in [-0.25, -0.2) is 9.97 Å². The lowest BCUT2D eigenvalue weighted by Gasteiger charge is -2.02. The SMILES string of the molecule is Cn1c(C(C#N)=C2SCCS2)nc2ncccc21. The zero-order valence-electron chi connectivity index (χ0n) is 9.75. The number of hydrogen-bond acceptors (Lipinski definition) is 5. The number of pyridine rings is 1. The third kappa shape index (κ3) is 1.80. The van der Waals surface area contributed by atoms with Crippen LogP contribution in [-0.4, -0.2) is 26.0 Å². The van der Waals surface area contributed by atoms with E-state index in [0.29, 0.717) is 17.0 Å². The van der Waals surface area contributed by atoms with Gasteiger partial charge in [0.1, 0.15) is 11.6 Å². The van der Waals surface area contributed by atoms with Gasteiger partial charge in [0, 0.05) is 24.8 Å². The summed E-state index contributed by atoms with van der Waals surface area (Å²) in [4.78, 5) is 8.70. The number of nitriles is 1. The Bertz CT molecular complexity index is 673. The first-order chi connectivity index (χ1) is 8.81. The van der Waals surface area contributed by atoms with Crippen LogP contribution >= 0.6 is 23.5 Å². The van der Waals surface area contributed by atoms with Crippen molar-refractivity contribution in [3.8, 4) is 6.07 Å². The molecule has 3 rings (SSSR count). The predicted octanol–water partition coefficient (Wildman–Crippen LogP) is 2.64. The quantitative estimate of drug-likeness (QED) is 0.748. The van der Waals surface area contributed by atoms with E-state index in [1.54, 1.807) is 29.7 Å². The molecule has 18 heavy (non-hydrogen) atoms. The van der Waals surface area contributed by atoms with Crippen LogP contribution in [0, 0.1) is 11.3 Å². The van der Waals surface area contributed by atoms with Crippen LogP contribution in [0.25, 0.3) is 16.7 Å². The van der Waals surface area contributed by atoms with Crippen molar-refractivity contribution in [2.45, 2.75) is 0 Å². The minimum Gasteiger partial charge on any atom is -0.325 e. The number of aryl methyl sites for hydroxylation is 1. The van der Waals surface area contributed by atoms with Crippen LogP contribution in [-0.2, 0) is 7.05 Å². The van der Waals surface area contributed by atoms with E-state index >= 15 is 0 Å². The highest BCUT2D eigenvalue weighted by molar-refractivity contribution is 8.25. The van der Waals surface area contributed by atoms with Crippen molar-refractivity contribution >= 4 is 40.3 Å². The van der Waals surface area contributed by atoms with Crippen LogP contribution in [0.2, 0.25) is 0 Å². The van der Waals surface area contributed by atoms with Gasteiger partial charge in [0.05, 0.1) is 9.75 Å². The maximum Gasteiger partial charge on any atom is 0.178 e. The summed E-state index contributed by atoms with van der Waals surface area (Å²) < 4.78 is 3.02. The van der Waals surface area contributed by atoms with Crippen LogP contribution in [0.15, 0.2) is 22.6 Å². The fourth-order valence-corrected chi connectivity index (χ4v) is 4.32. The van der Waals surface area contributed by atoms with E-state index in [1.807, 2.05) is 23.7 Å². The van der Waals surface area contributed by atoms with E-state index in [1.165, 1.54) is 0 Å². The van der Waals surface area contributed by atoms with E-state index in [-0.39, 0.29) is 0 Å². The summed E-state index contributed by atoms with van der Waals surface area (Å²) in [7, 11) is 1.93. The third-order valence-electron chi connectivity index (χ3n) is 2.75. The second-order valence-corrected chi connectivity index (χ2v) is 6.28. The van der Waals surface area contributed by atoms with Gasteiger partial charge in [-0.2, -0.15) is 5.26 Å². The number of rotatable bonds is 1. The van der Waals surface area contributed by atoms with Crippen molar-refractivity contribution < 1.29 is 0 Å². The molecule has 0 N–H and O–H groups in total. The van der Waals surface area contributed by atoms with Crippen molar-refractivity contribution in [1.82, 2.24) is 14.5 Å². The van der Waals surface area contributed by atoms with E-state index in [2.05, 4.69) is 16.0 Å². The van der Waals surface area contributed by atoms with Crippen LogP contribution in [0.4, 0.5) is 0 Å². The molecule has 3 heterocycles. The lowest BCUT2D eigenvalue weighted by Crippen LogP contribution is -1.96. The van der Waals surface area contributed by atoms with Crippen molar-refractivity contribution in [3.63, 3.8) is 0 Å². The Morgan fingerprint density at radius 3 is 2.89 bits per heavy atom. The molecule has 0 aromatic carbocycles. The lowest BCUT2D eigenvalue weighted by molar-refractivity contribution is 0.924. The molecule has 1 fully saturated rings. The minimum atomic E-state index is 0.669. The van der Waals surface area contributed by atoms with Crippen molar-refractivity contribution in [2.75, 3.05) is 11.5 Å². The summed E-state index contributed by atoms with van der Waals surface area (Å²) >= 11 is 3.47. The topological polar surface area (TPSA) is 54.5 Å². The molecule has 0 saturated carbocycles. The van der Waals surface area contributed by atoms with Crippen molar-refractivity contribution in [2.24, 2.45) is 7.05 Å². The van der Waals surface area contributed by atoms with Gasteiger partial charge in [0.2, 0.25) is 0 Å². The Morgan fingerprint density at radius 2 is 2.22 bits per heavy atom. The van der Waals surface area contributed by atoms with E-state index in [4.69, 9.17) is 0 Å². The van der Waals surface area contributed by atoms with Gasteiger partial charge in [-0.3, -0.25) is 0 Å². The van der Waals surface area contributed by atoms with E-state index < -0.39 is 0 Å². The first kappa shape index (κ1) is 11.6. The second-order valence-electron chi connectivity index (χ2n) is 3.81. The highest BCUT2D eigenvalue weighted by atomic mass is 32.2. The standard InChI is InChI=1S/C12H10N4S2/c1-16-9-3-2-4-14-10(9)15-11(16)8(7-13)12-17-5-6-18-12/h2-4H,5-6H2,1H3. The van der Waals surface area contributed by atoms with Crippen LogP contribution in [0.1, 0.15) is 5.82 Å². The molecule has 1 aliphatic rings. The molecule has 0 bridgehead atoms. The Balaban J connectivity index is 2.22. The molecule has 2 aromatic rings. The molecule has 1 aliphatic heterocycles. The third-order valence-corrected chi connectivity index (χ3v) is 5.46. The van der Waals surface area contributed by atoms with Crippen molar-refractivity contribution in [3.05, 3.63) is 28.4 Å². The molecule has 2 aromatic heterocycles. The predicted molar refractivity (Wildman–Crippen MR) is 76.0 cm³/mol. The largest absolute Gasteiger partial charge is 0.325 e. The van der Waals surface area contributed by atoms with Crippen LogP contribution < -0.4 is 0 Å². The monoisotopic (exact) mass is 274 g/mol. The summed E-state index contributed by atoms with van der Waals surface area (Å²) in [5, 5.41) is 9.38. The number of fused-ring (bicyclic) bond motifs is 1. The Kier molecular flexibility index (Phi) is 3.02. The molecule has 0 spiro atoms. The van der Waals surface area contributed by atoms with Gasteiger partial charge in [0.25, 0.3) is 0 Å².